The lowest BCUT2D eigenvalue weighted by Gasteiger charge is -1.98. The maximum absolute atomic E-state index is 10.5. The van der Waals surface area contributed by atoms with Crippen molar-refractivity contribution >= 4 is 11.8 Å². The van der Waals surface area contributed by atoms with E-state index in [1.165, 1.54) is 0 Å². The van der Waals surface area contributed by atoms with Crippen LogP contribution in [0.5, 0.6) is 0 Å². The van der Waals surface area contributed by atoms with Crippen molar-refractivity contribution in [3.63, 3.8) is 0 Å². The van der Waals surface area contributed by atoms with Gasteiger partial charge in [-0.1, -0.05) is 6.92 Å². The lowest BCUT2D eigenvalue weighted by molar-refractivity contribution is -0.147. The molecule has 1 radical (unpaired) electrons. The fraction of sp³-hybridized carbons (Fsp3) is 0.571. The number of Topliss-reactive ketones (excluding diaryl/α,β-unsaturated/α-hetero) is 1. The Kier molecular flexibility index (Phi) is 4.54. The third-order valence-electron chi connectivity index (χ3n) is 0.993. The van der Waals surface area contributed by atoms with Gasteiger partial charge in [-0.15, -0.1) is 0 Å². The second kappa shape index (κ2) is 4.97. The quantitative estimate of drug-likeness (QED) is 0.545. The molecule has 0 amide bonds. The molecule has 0 aromatic heterocycles. The Hall–Kier alpha value is -0.860. The van der Waals surface area contributed by atoms with Gasteiger partial charge in [0.2, 0.25) is 0 Å². The first-order chi connectivity index (χ1) is 4.70. The van der Waals surface area contributed by atoms with Gasteiger partial charge in [-0.2, -0.15) is 0 Å². The Labute approximate surface area is 60.4 Å². The Bertz CT molecular complexity index is 113. The second-order valence-electron chi connectivity index (χ2n) is 1.80. The molecule has 0 rings (SSSR count). The summed E-state index contributed by atoms with van der Waals surface area (Å²) >= 11 is 0. The molecule has 3 heteroatoms. The predicted octanol–water partition coefficient (Wildman–Crippen LogP) is 0.733. The molecule has 0 atom stereocenters. The maximum Gasteiger partial charge on any atom is 0.306 e. The van der Waals surface area contributed by atoms with Gasteiger partial charge >= 0.3 is 5.97 Å². The summed E-state index contributed by atoms with van der Waals surface area (Å²) in [5.74, 6) is -0.497. The lowest BCUT2D eigenvalue weighted by Crippen LogP contribution is -2.11. The number of rotatable bonds is 4. The average molecular weight is 143 g/mol. The van der Waals surface area contributed by atoms with Crippen LogP contribution in [0.15, 0.2) is 0 Å². The molecule has 0 fully saturated rings. The van der Waals surface area contributed by atoms with Gasteiger partial charge in [0.25, 0.3) is 0 Å². The molecule has 0 aliphatic rings. The van der Waals surface area contributed by atoms with Gasteiger partial charge in [0.05, 0.1) is 0 Å². The minimum atomic E-state index is -0.429. The molecule has 10 heavy (non-hydrogen) atoms. The Morgan fingerprint density at radius 1 is 1.50 bits per heavy atom. The summed E-state index contributed by atoms with van der Waals surface area (Å²) in [6.07, 6.45) is 0.488. The first-order valence-corrected chi connectivity index (χ1v) is 3.17. The van der Waals surface area contributed by atoms with E-state index in [1.54, 1.807) is 6.92 Å². The van der Waals surface area contributed by atoms with E-state index >= 15 is 0 Å². The standard InChI is InChI=1S/C7H11O3/c1-3-6(8)5-10-7(9)4-2/h2-5H2,1H3. The molecule has 0 bridgehead atoms. The summed E-state index contributed by atoms with van der Waals surface area (Å²) in [5, 5.41) is 0. The van der Waals surface area contributed by atoms with Gasteiger partial charge in [-0.25, -0.2) is 0 Å². The van der Waals surface area contributed by atoms with Crippen molar-refractivity contribution in [2.75, 3.05) is 6.61 Å². The monoisotopic (exact) mass is 143 g/mol. The largest absolute Gasteiger partial charge is 0.458 e. The van der Waals surface area contributed by atoms with Crippen LogP contribution in [0.2, 0.25) is 0 Å². The van der Waals surface area contributed by atoms with Gasteiger partial charge in [0, 0.05) is 12.8 Å². The molecule has 57 valence electrons. The summed E-state index contributed by atoms with van der Waals surface area (Å²) in [7, 11) is 0. The zero-order chi connectivity index (χ0) is 7.98. The molecule has 0 aliphatic heterocycles. The fourth-order valence-electron chi connectivity index (χ4n) is 0.335. The summed E-state index contributed by atoms with van der Waals surface area (Å²) < 4.78 is 4.49. The van der Waals surface area contributed by atoms with Crippen LogP contribution in [0.4, 0.5) is 0 Å². The molecule has 0 heterocycles. The second-order valence-corrected chi connectivity index (χ2v) is 1.80. The molecular formula is C7H11O3. The predicted molar refractivity (Wildman–Crippen MR) is 36.2 cm³/mol. The SMILES string of the molecule is [CH2]CC(=O)OCC(=O)CC. The van der Waals surface area contributed by atoms with E-state index < -0.39 is 5.97 Å². The van der Waals surface area contributed by atoms with Crippen LogP contribution >= 0.6 is 0 Å². The molecular weight excluding hydrogens is 132 g/mol. The van der Waals surface area contributed by atoms with Gasteiger partial charge in [0.15, 0.2) is 5.78 Å². The van der Waals surface area contributed by atoms with Gasteiger partial charge < -0.3 is 4.74 Å². The molecule has 0 saturated heterocycles. The van der Waals surface area contributed by atoms with Crippen molar-refractivity contribution in [2.24, 2.45) is 0 Å². The molecule has 0 aromatic rings. The molecule has 0 spiro atoms. The molecule has 3 nitrogen and oxygen atoms in total. The minimum Gasteiger partial charge on any atom is -0.458 e. The third kappa shape index (κ3) is 4.06. The molecule has 0 unspecified atom stereocenters. The first-order valence-electron chi connectivity index (χ1n) is 3.17. The first kappa shape index (κ1) is 9.14. The number of carbonyl (C=O) groups is 2. The highest BCUT2D eigenvalue weighted by Crippen LogP contribution is 1.86. The van der Waals surface area contributed by atoms with Crippen molar-refractivity contribution in [2.45, 2.75) is 19.8 Å². The highest BCUT2D eigenvalue weighted by Gasteiger charge is 2.01. The van der Waals surface area contributed by atoms with Crippen molar-refractivity contribution in [1.29, 1.82) is 0 Å². The Morgan fingerprint density at radius 3 is 2.50 bits per heavy atom. The van der Waals surface area contributed by atoms with Crippen LogP contribution < -0.4 is 0 Å². The van der Waals surface area contributed by atoms with E-state index in [0.29, 0.717) is 6.42 Å². The Morgan fingerprint density at radius 2 is 2.10 bits per heavy atom. The number of carbonyl (C=O) groups excluding carboxylic acids is 2. The number of ketones is 1. The van der Waals surface area contributed by atoms with Crippen LogP contribution in [0.1, 0.15) is 19.8 Å². The van der Waals surface area contributed by atoms with Crippen LogP contribution in [0.3, 0.4) is 0 Å². The molecule has 0 aliphatic carbocycles. The highest BCUT2D eigenvalue weighted by atomic mass is 16.5. The van der Waals surface area contributed by atoms with Gasteiger partial charge in [-0.3, -0.25) is 9.59 Å². The van der Waals surface area contributed by atoms with E-state index in [1.807, 2.05) is 0 Å². The van der Waals surface area contributed by atoms with Crippen molar-refractivity contribution in [3.05, 3.63) is 6.92 Å². The molecule has 0 saturated carbocycles. The van der Waals surface area contributed by atoms with E-state index in [2.05, 4.69) is 11.7 Å². The Balaban J connectivity index is 3.35. The zero-order valence-electron chi connectivity index (χ0n) is 6.05. The average Bonchev–Trinajstić information content (AvgIpc) is 1.99. The van der Waals surface area contributed by atoms with Gasteiger partial charge in [-0.05, 0) is 6.92 Å². The summed E-state index contributed by atoms with van der Waals surface area (Å²) in [6.45, 7) is 4.92. The normalized spacial score (nSPS) is 9.00. The van der Waals surface area contributed by atoms with Crippen molar-refractivity contribution < 1.29 is 14.3 Å². The van der Waals surface area contributed by atoms with E-state index in [0.717, 1.165) is 0 Å². The summed E-state index contributed by atoms with van der Waals surface area (Å²) in [6, 6.07) is 0. The number of ether oxygens (including phenoxy) is 1. The topological polar surface area (TPSA) is 43.4 Å². The summed E-state index contributed by atoms with van der Waals surface area (Å²) in [5.41, 5.74) is 0. The highest BCUT2D eigenvalue weighted by molar-refractivity contribution is 5.82. The zero-order valence-corrected chi connectivity index (χ0v) is 6.05. The van der Waals surface area contributed by atoms with Crippen molar-refractivity contribution in [1.82, 2.24) is 0 Å². The number of esters is 1. The number of hydrogen-bond donors (Lipinski definition) is 0. The van der Waals surface area contributed by atoms with Crippen LogP contribution in [-0.2, 0) is 14.3 Å². The van der Waals surface area contributed by atoms with E-state index in [4.69, 9.17) is 0 Å². The third-order valence-corrected chi connectivity index (χ3v) is 0.993. The van der Waals surface area contributed by atoms with Crippen LogP contribution in [0, 0.1) is 6.92 Å². The summed E-state index contributed by atoms with van der Waals surface area (Å²) in [4.78, 5) is 20.9. The lowest BCUT2D eigenvalue weighted by atomic mass is 10.3. The molecule has 0 aromatic carbocycles. The van der Waals surface area contributed by atoms with E-state index in [9.17, 15) is 9.59 Å². The van der Waals surface area contributed by atoms with Crippen LogP contribution in [0.25, 0.3) is 0 Å². The smallest absolute Gasteiger partial charge is 0.306 e. The van der Waals surface area contributed by atoms with Crippen molar-refractivity contribution in [3.8, 4) is 0 Å². The van der Waals surface area contributed by atoms with E-state index in [-0.39, 0.29) is 18.8 Å². The maximum atomic E-state index is 10.5. The minimum absolute atomic E-state index is 0.0678. The van der Waals surface area contributed by atoms with Crippen LogP contribution in [-0.4, -0.2) is 18.4 Å². The fourth-order valence-corrected chi connectivity index (χ4v) is 0.335. The molecule has 0 N–H and O–H groups in total. The van der Waals surface area contributed by atoms with Gasteiger partial charge in [0.1, 0.15) is 6.61 Å². The number of hydrogen-bond acceptors (Lipinski definition) is 3.